The first-order valence-corrected chi connectivity index (χ1v) is 20.9. The SMILES string of the molecule is CC(C)(C)OC(=O)N1C(C=O)CSC1(C)C.COC(OC)C(N)CS.COC(OC)C1CSC(c2ccc3cc(O)ccc3n2)=N1.N#Cc1ccc2cc(O)ccc2n1. The van der Waals surface area contributed by atoms with E-state index >= 15 is 0 Å². The molecule has 2 aliphatic heterocycles. The van der Waals surface area contributed by atoms with Crippen molar-refractivity contribution in [1.82, 2.24) is 14.9 Å². The highest BCUT2D eigenvalue weighted by Crippen LogP contribution is 2.39. The Morgan fingerprint density at radius 3 is 2.03 bits per heavy atom. The van der Waals surface area contributed by atoms with E-state index in [0.717, 1.165) is 44.6 Å². The van der Waals surface area contributed by atoms with Gasteiger partial charge in [0.25, 0.3) is 0 Å². The lowest BCUT2D eigenvalue weighted by Gasteiger charge is -2.34. The lowest BCUT2D eigenvalue weighted by Crippen LogP contribution is -2.49. The van der Waals surface area contributed by atoms with E-state index < -0.39 is 11.7 Å². The number of phenols is 2. The first-order chi connectivity index (χ1) is 27.9. The van der Waals surface area contributed by atoms with E-state index in [0.29, 0.717) is 17.2 Å². The summed E-state index contributed by atoms with van der Waals surface area (Å²) >= 11 is 7.22. The maximum Gasteiger partial charge on any atom is 0.412 e. The number of amides is 1. The van der Waals surface area contributed by atoms with Crippen LogP contribution in [0.25, 0.3) is 21.8 Å². The summed E-state index contributed by atoms with van der Waals surface area (Å²) in [5.74, 6) is 2.46. The number of aromatic nitrogens is 2. The molecule has 59 heavy (non-hydrogen) atoms. The topological polar surface area (TPSA) is 212 Å². The molecule has 3 unspecified atom stereocenters. The summed E-state index contributed by atoms with van der Waals surface area (Å²) in [5.41, 5.74) is 7.76. The number of hydrogen-bond donors (Lipinski definition) is 4. The molecule has 2 aromatic carbocycles. The van der Waals surface area contributed by atoms with Gasteiger partial charge < -0.3 is 44.4 Å². The number of pyridine rings is 2. The molecule has 2 aromatic heterocycles. The van der Waals surface area contributed by atoms with Crippen molar-refractivity contribution in [3.05, 3.63) is 72.1 Å². The van der Waals surface area contributed by atoms with Crippen LogP contribution >= 0.6 is 36.2 Å². The molecule has 3 atom stereocenters. The zero-order chi connectivity index (χ0) is 43.9. The van der Waals surface area contributed by atoms with Crippen LogP contribution in [-0.4, -0.2) is 129 Å². The molecule has 0 saturated carbocycles. The number of thioether (sulfide) groups is 2. The number of nitriles is 1. The number of rotatable bonds is 9. The zero-order valence-electron chi connectivity index (χ0n) is 34.7. The number of nitrogens with zero attached hydrogens (tertiary/aromatic N) is 5. The van der Waals surface area contributed by atoms with Crippen molar-refractivity contribution in [2.24, 2.45) is 10.7 Å². The minimum absolute atomic E-state index is 0.0164. The first kappa shape index (κ1) is 49.2. The Kier molecular flexibility index (Phi) is 19.2. The summed E-state index contributed by atoms with van der Waals surface area (Å²) in [6.45, 7) is 9.29. The minimum atomic E-state index is -0.534. The Balaban J connectivity index is 0.000000220. The van der Waals surface area contributed by atoms with Gasteiger partial charge in [-0.3, -0.25) is 9.89 Å². The summed E-state index contributed by atoms with van der Waals surface area (Å²) in [5, 5.41) is 29.9. The number of benzene rings is 2. The largest absolute Gasteiger partial charge is 0.508 e. The molecular formula is C41H54N6O9S3. The first-order valence-electron chi connectivity index (χ1n) is 18.3. The van der Waals surface area contributed by atoms with Gasteiger partial charge in [0.2, 0.25) is 0 Å². The number of aldehydes is 1. The van der Waals surface area contributed by atoms with Crippen molar-refractivity contribution in [3.63, 3.8) is 0 Å². The summed E-state index contributed by atoms with van der Waals surface area (Å²) in [6.07, 6.45) is -0.263. The van der Waals surface area contributed by atoms with Crippen molar-refractivity contribution in [3.8, 4) is 17.6 Å². The summed E-state index contributed by atoms with van der Waals surface area (Å²) in [7, 11) is 6.34. The predicted molar refractivity (Wildman–Crippen MR) is 236 cm³/mol. The number of carbonyl (C=O) groups is 2. The van der Waals surface area contributed by atoms with Crippen LogP contribution in [-0.2, 0) is 28.5 Å². The van der Waals surface area contributed by atoms with Crippen LogP contribution in [0.1, 0.15) is 46.0 Å². The van der Waals surface area contributed by atoms with Crippen molar-refractivity contribution >= 4 is 75.4 Å². The molecular weight excluding hydrogens is 817 g/mol. The van der Waals surface area contributed by atoms with Gasteiger partial charge in [-0.2, -0.15) is 17.9 Å². The Hall–Kier alpha value is -4.19. The third-order valence-electron chi connectivity index (χ3n) is 8.42. The number of fused-ring (bicyclic) bond motifs is 2. The van der Waals surface area contributed by atoms with Crippen LogP contribution in [0.15, 0.2) is 65.7 Å². The van der Waals surface area contributed by atoms with E-state index in [-0.39, 0.29) is 47.1 Å². The second-order valence-electron chi connectivity index (χ2n) is 14.4. The third-order valence-corrected chi connectivity index (χ3v) is 11.4. The Morgan fingerprint density at radius 2 is 1.54 bits per heavy atom. The molecule has 0 bridgehead atoms. The normalized spacial score (nSPS) is 17.5. The van der Waals surface area contributed by atoms with Crippen molar-refractivity contribution in [1.29, 1.82) is 5.26 Å². The van der Waals surface area contributed by atoms with E-state index in [9.17, 15) is 14.7 Å². The van der Waals surface area contributed by atoms with Crippen LogP contribution < -0.4 is 5.73 Å². The fourth-order valence-corrected chi connectivity index (χ4v) is 7.98. The highest BCUT2D eigenvalue weighted by atomic mass is 32.2. The number of nitrogens with two attached hydrogens (primary N) is 1. The number of ether oxygens (including phenoxy) is 5. The fraction of sp³-hybridized carbons (Fsp3) is 0.463. The van der Waals surface area contributed by atoms with Gasteiger partial charge in [0.15, 0.2) is 12.6 Å². The van der Waals surface area contributed by atoms with Gasteiger partial charge in [-0.25, -0.2) is 14.8 Å². The molecule has 4 heterocycles. The molecule has 4 N–H and O–H groups in total. The average molecular weight is 871 g/mol. The highest BCUT2D eigenvalue weighted by Gasteiger charge is 2.45. The average Bonchev–Trinajstić information content (AvgIpc) is 3.82. The minimum Gasteiger partial charge on any atom is -0.508 e. The van der Waals surface area contributed by atoms with E-state index in [1.54, 1.807) is 100 Å². The maximum atomic E-state index is 12.0. The van der Waals surface area contributed by atoms with Crippen LogP contribution in [0.4, 0.5) is 4.79 Å². The van der Waals surface area contributed by atoms with Crippen molar-refractivity contribution in [2.75, 3.05) is 45.7 Å². The molecule has 15 nitrogen and oxygen atoms in total. The van der Waals surface area contributed by atoms with E-state index in [1.165, 1.54) is 4.90 Å². The molecule has 2 aliphatic rings. The van der Waals surface area contributed by atoms with Crippen molar-refractivity contribution in [2.45, 2.75) is 75.8 Å². The molecule has 1 fully saturated rings. The molecule has 0 radical (unpaired) electrons. The summed E-state index contributed by atoms with van der Waals surface area (Å²) < 4.78 is 25.5. The fourth-order valence-electron chi connectivity index (χ4n) is 5.62. The zero-order valence-corrected chi connectivity index (χ0v) is 37.2. The number of hydrogen-bond acceptors (Lipinski definition) is 17. The van der Waals surface area contributed by atoms with Gasteiger partial charge in [0.05, 0.1) is 27.6 Å². The second kappa shape index (κ2) is 23.0. The van der Waals surface area contributed by atoms with Crippen LogP contribution in [0.2, 0.25) is 0 Å². The van der Waals surface area contributed by atoms with Crippen LogP contribution in [0.5, 0.6) is 11.5 Å². The van der Waals surface area contributed by atoms with Gasteiger partial charge in [-0.15, -0.1) is 23.5 Å². The standard InChI is InChI=1S/C15H16N2O3S.C11H19NO3S.C10H6N2O.C5H13NO2S/c1-19-15(20-2)13-8-21-14(17-13)12-5-3-9-7-10(18)4-6-11(9)16-12;1-10(2,3)15-9(14)12-8(6-13)7-16-11(12,4)5;11-6-8-2-1-7-5-9(13)3-4-10(7)12-8;1-7-5(8-2)4(6)3-9/h3-7,13,15,18H,8H2,1-2H3;6,8H,7H2,1-5H3;1-5,13H;4-5,9H,3,6H2,1-2H3. The molecule has 0 spiro atoms. The van der Waals surface area contributed by atoms with Crippen LogP contribution in [0, 0.1) is 11.3 Å². The van der Waals surface area contributed by atoms with Gasteiger partial charge in [0, 0.05) is 56.5 Å². The molecule has 18 heteroatoms. The molecule has 6 rings (SSSR count). The molecule has 320 valence electrons. The number of carbonyl (C=O) groups excluding carboxylic acids is 2. The number of methoxy groups -OCH3 is 4. The third kappa shape index (κ3) is 14.5. The van der Waals surface area contributed by atoms with Crippen LogP contribution in [0.3, 0.4) is 0 Å². The lowest BCUT2D eigenvalue weighted by molar-refractivity contribution is -0.112. The maximum absolute atomic E-state index is 12.0. The number of aromatic hydroxyl groups is 2. The Morgan fingerprint density at radius 1 is 0.966 bits per heavy atom. The number of thiol groups is 1. The van der Waals surface area contributed by atoms with Gasteiger partial charge in [0.1, 0.15) is 52.3 Å². The predicted octanol–water partition coefficient (Wildman–Crippen LogP) is 6.37. The van der Waals surface area contributed by atoms with Gasteiger partial charge in [-0.05, 0) is 89.2 Å². The van der Waals surface area contributed by atoms with E-state index in [4.69, 9.17) is 39.8 Å². The van der Waals surface area contributed by atoms with E-state index in [1.807, 2.05) is 52.8 Å². The summed E-state index contributed by atoms with van der Waals surface area (Å²) in [4.78, 5) is 37.3. The Labute approximate surface area is 359 Å². The Bertz CT molecular complexity index is 2070. The molecule has 1 saturated heterocycles. The number of aliphatic imine (C=N–C) groups is 1. The molecule has 0 aliphatic carbocycles. The summed E-state index contributed by atoms with van der Waals surface area (Å²) in [6, 6.07) is 18.7. The van der Waals surface area contributed by atoms with Gasteiger partial charge >= 0.3 is 6.09 Å². The quantitative estimate of drug-likeness (QED) is 0.0818. The lowest BCUT2D eigenvalue weighted by atomic mass is 10.2. The molecule has 1 amide bonds. The van der Waals surface area contributed by atoms with Gasteiger partial charge in [-0.1, -0.05) is 6.07 Å². The molecule has 4 aromatic rings. The highest BCUT2D eigenvalue weighted by molar-refractivity contribution is 8.14. The van der Waals surface area contributed by atoms with E-state index in [2.05, 4.69) is 27.6 Å². The second-order valence-corrected chi connectivity index (χ2v) is 17.4. The monoisotopic (exact) mass is 870 g/mol. The van der Waals surface area contributed by atoms with Crippen molar-refractivity contribution < 1.29 is 43.5 Å². The smallest absolute Gasteiger partial charge is 0.412 e. The number of phenolic OH excluding ortho intramolecular Hbond substituents is 2.